The van der Waals surface area contributed by atoms with Crippen molar-refractivity contribution < 1.29 is 4.21 Å². The summed E-state index contributed by atoms with van der Waals surface area (Å²) in [4.78, 5) is 0. The normalized spacial score (nSPS) is 38.9. The van der Waals surface area contributed by atoms with Gasteiger partial charge in [-0.3, -0.25) is 0 Å². The molecule has 1 rings (SSSR count). The summed E-state index contributed by atoms with van der Waals surface area (Å²) in [5.74, 6) is 2.13. The number of hydrogen-bond donors (Lipinski definition) is 0. The van der Waals surface area contributed by atoms with E-state index in [1.165, 1.54) is 6.42 Å². The average Bonchev–Trinajstić information content (AvgIpc) is 2.10. The van der Waals surface area contributed by atoms with Gasteiger partial charge in [0.1, 0.15) is 0 Å². The summed E-state index contributed by atoms with van der Waals surface area (Å²) in [6.45, 7) is 9.71. The van der Waals surface area contributed by atoms with Crippen molar-refractivity contribution in [1.29, 1.82) is 0 Å². The summed E-state index contributed by atoms with van der Waals surface area (Å²) >= 11 is 0. The van der Waals surface area contributed by atoms with Gasteiger partial charge in [-0.15, -0.1) is 0 Å². The van der Waals surface area contributed by atoms with E-state index in [1.54, 1.807) is 0 Å². The predicted octanol–water partition coefficient (Wildman–Crippen LogP) is 2.04. The van der Waals surface area contributed by atoms with Crippen LogP contribution in [0.5, 0.6) is 0 Å². The molecule has 1 aliphatic heterocycles. The van der Waals surface area contributed by atoms with Gasteiger partial charge >= 0.3 is 0 Å². The standard InChI is InChI=1S/C10H21NOS/c1-5-13(12)11-7-8(2)6-9(3)10(11)4/h8-10H,5-7H2,1-4H3. The summed E-state index contributed by atoms with van der Waals surface area (Å²) in [5.41, 5.74) is 0. The fourth-order valence-electron chi connectivity index (χ4n) is 2.10. The van der Waals surface area contributed by atoms with Crippen LogP contribution in [-0.2, 0) is 11.0 Å². The van der Waals surface area contributed by atoms with Crippen molar-refractivity contribution in [2.24, 2.45) is 11.8 Å². The molecule has 1 fully saturated rings. The van der Waals surface area contributed by atoms with E-state index >= 15 is 0 Å². The number of hydrogen-bond acceptors (Lipinski definition) is 1. The van der Waals surface area contributed by atoms with E-state index in [0.717, 1.165) is 12.3 Å². The Morgan fingerprint density at radius 3 is 2.54 bits per heavy atom. The van der Waals surface area contributed by atoms with E-state index in [0.29, 0.717) is 17.9 Å². The summed E-state index contributed by atoms with van der Waals surface area (Å²) in [5, 5.41) is 0. The molecule has 1 aliphatic rings. The van der Waals surface area contributed by atoms with Crippen LogP contribution < -0.4 is 0 Å². The predicted molar refractivity (Wildman–Crippen MR) is 57.8 cm³/mol. The van der Waals surface area contributed by atoms with Crippen molar-refractivity contribution >= 4 is 11.0 Å². The maximum Gasteiger partial charge on any atom is 0.0942 e. The van der Waals surface area contributed by atoms with Gasteiger partial charge in [-0.05, 0) is 25.2 Å². The number of nitrogens with zero attached hydrogens (tertiary/aromatic N) is 1. The molecule has 0 radical (unpaired) electrons. The van der Waals surface area contributed by atoms with Crippen LogP contribution in [0, 0.1) is 11.8 Å². The highest BCUT2D eigenvalue weighted by Gasteiger charge is 2.31. The largest absolute Gasteiger partial charge is 0.243 e. The molecule has 0 aromatic rings. The Balaban J connectivity index is 2.66. The fourth-order valence-corrected chi connectivity index (χ4v) is 3.43. The quantitative estimate of drug-likeness (QED) is 0.672. The van der Waals surface area contributed by atoms with Crippen molar-refractivity contribution in [3.8, 4) is 0 Å². The summed E-state index contributed by atoms with van der Waals surface area (Å²) in [7, 11) is -0.752. The molecule has 0 aromatic heterocycles. The van der Waals surface area contributed by atoms with Crippen molar-refractivity contribution in [2.75, 3.05) is 12.3 Å². The van der Waals surface area contributed by atoms with Gasteiger partial charge in [0, 0.05) is 18.3 Å². The Morgan fingerprint density at radius 2 is 2.00 bits per heavy atom. The second-order valence-corrected chi connectivity index (χ2v) is 5.96. The van der Waals surface area contributed by atoms with Gasteiger partial charge in [-0.25, -0.2) is 8.51 Å². The highest BCUT2D eigenvalue weighted by Crippen LogP contribution is 2.27. The molecule has 0 bridgehead atoms. The van der Waals surface area contributed by atoms with Crippen molar-refractivity contribution in [3.63, 3.8) is 0 Å². The summed E-state index contributed by atoms with van der Waals surface area (Å²) in [6.07, 6.45) is 1.28. The van der Waals surface area contributed by atoms with E-state index in [1.807, 2.05) is 6.92 Å². The lowest BCUT2D eigenvalue weighted by atomic mass is 9.88. The van der Waals surface area contributed by atoms with Crippen LogP contribution >= 0.6 is 0 Å². The Hall–Kier alpha value is 0.110. The maximum atomic E-state index is 11.7. The highest BCUT2D eigenvalue weighted by molar-refractivity contribution is 7.82. The van der Waals surface area contributed by atoms with Crippen LogP contribution in [0.1, 0.15) is 34.1 Å². The molecule has 0 saturated carbocycles. The minimum atomic E-state index is -0.752. The molecule has 0 amide bonds. The van der Waals surface area contributed by atoms with Crippen molar-refractivity contribution in [1.82, 2.24) is 4.31 Å². The zero-order valence-corrected chi connectivity index (χ0v) is 9.93. The zero-order valence-electron chi connectivity index (χ0n) is 9.12. The highest BCUT2D eigenvalue weighted by atomic mass is 32.2. The Bertz CT molecular complexity index is 195. The molecule has 3 heteroatoms. The lowest BCUT2D eigenvalue weighted by molar-refractivity contribution is 0.164. The minimum absolute atomic E-state index is 0.483. The van der Waals surface area contributed by atoms with E-state index < -0.39 is 11.0 Å². The second-order valence-electron chi connectivity index (χ2n) is 4.27. The minimum Gasteiger partial charge on any atom is -0.243 e. The Morgan fingerprint density at radius 1 is 1.38 bits per heavy atom. The summed E-state index contributed by atoms with van der Waals surface area (Å²) < 4.78 is 13.9. The Kier molecular flexibility index (Phi) is 3.92. The van der Waals surface area contributed by atoms with Crippen LogP contribution in [0.3, 0.4) is 0 Å². The SMILES string of the molecule is CCS(=O)N1CC(C)CC(C)C1C. The lowest BCUT2D eigenvalue weighted by Gasteiger charge is -2.39. The second kappa shape index (κ2) is 4.56. The molecule has 0 spiro atoms. The molecular formula is C10H21NOS. The van der Waals surface area contributed by atoms with Crippen molar-refractivity contribution in [2.45, 2.75) is 40.2 Å². The molecular weight excluding hydrogens is 182 g/mol. The number of rotatable bonds is 2. The monoisotopic (exact) mass is 203 g/mol. The molecule has 4 unspecified atom stereocenters. The summed E-state index contributed by atoms with van der Waals surface area (Å²) in [6, 6.07) is 0.483. The first kappa shape index (κ1) is 11.2. The number of piperidine rings is 1. The molecule has 0 N–H and O–H groups in total. The molecule has 2 nitrogen and oxygen atoms in total. The maximum absolute atomic E-state index is 11.7. The van der Waals surface area contributed by atoms with Crippen LogP contribution in [0.25, 0.3) is 0 Å². The molecule has 0 aromatic carbocycles. The average molecular weight is 203 g/mol. The lowest BCUT2D eigenvalue weighted by Crippen LogP contribution is -2.46. The zero-order chi connectivity index (χ0) is 10.0. The first-order valence-electron chi connectivity index (χ1n) is 5.21. The third kappa shape index (κ3) is 2.53. The molecule has 1 saturated heterocycles. The third-order valence-electron chi connectivity index (χ3n) is 3.05. The first-order chi connectivity index (χ1) is 6.06. The van der Waals surface area contributed by atoms with Crippen LogP contribution in [0.15, 0.2) is 0 Å². The van der Waals surface area contributed by atoms with Gasteiger partial charge in [-0.1, -0.05) is 20.8 Å². The van der Waals surface area contributed by atoms with Gasteiger partial charge in [0.15, 0.2) is 0 Å². The van der Waals surface area contributed by atoms with Gasteiger partial charge in [-0.2, -0.15) is 0 Å². The molecule has 0 aliphatic carbocycles. The van der Waals surface area contributed by atoms with E-state index in [4.69, 9.17) is 0 Å². The Labute approximate surface area is 84.3 Å². The topological polar surface area (TPSA) is 20.3 Å². The smallest absolute Gasteiger partial charge is 0.0942 e. The molecule has 1 heterocycles. The van der Waals surface area contributed by atoms with Crippen molar-refractivity contribution in [3.05, 3.63) is 0 Å². The van der Waals surface area contributed by atoms with Crippen LogP contribution in [0.2, 0.25) is 0 Å². The fraction of sp³-hybridized carbons (Fsp3) is 1.00. The van der Waals surface area contributed by atoms with Crippen LogP contribution in [-0.4, -0.2) is 26.9 Å². The third-order valence-corrected chi connectivity index (χ3v) is 4.55. The van der Waals surface area contributed by atoms with E-state index in [2.05, 4.69) is 25.1 Å². The van der Waals surface area contributed by atoms with E-state index in [-0.39, 0.29) is 0 Å². The molecule has 4 atom stereocenters. The van der Waals surface area contributed by atoms with Gasteiger partial charge in [0.25, 0.3) is 0 Å². The van der Waals surface area contributed by atoms with E-state index in [9.17, 15) is 4.21 Å². The first-order valence-corrected chi connectivity index (χ1v) is 6.49. The van der Waals surface area contributed by atoms with Gasteiger partial charge < -0.3 is 0 Å². The van der Waals surface area contributed by atoms with Gasteiger partial charge in [0.05, 0.1) is 11.0 Å². The molecule has 78 valence electrons. The molecule has 13 heavy (non-hydrogen) atoms. The van der Waals surface area contributed by atoms with Gasteiger partial charge in [0.2, 0.25) is 0 Å². The van der Waals surface area contributed by atoms with Crippen LogP contribution in [0.4, 0.5) is 0 Å².